The highest BCUT2D eigenvalue weighted by Gasteiger charge is 2.06. The minimum atomic E-state index is -0.383. The van der Waals surface area contributed by atoms with Crippen LogP contribution >= 0.6 is 0 Å². The number of aromatic nitrogens is 2. The van der Waals surface area contributed by atoms with E-state index in [-0.39, 0.29) is 17.5 Å². The zero-order chi connectivity index (χ0) is 19.9. The van der Waals surface area contributed by atoms with E-state index < -0.39 is 0 Å². The first kappa shape index (κ1) is 18.9. The van der Waals surface area contributed by atoms with Crippen molar-refractivity contribution >= 4 is 29.4 Å². The number of esters is 1. The number of hydrogen-bond donors (Lipinski definition) is 1. The van der Waals surface area contributed by atoms with Crippen molar-refractivity contribution in [3.05, 3.63) is 59.3 Å². The first-order valence-electron chi connectivity index (χ1n) is 8.42. The fourth-order valence-corrected chi connectivity index (χ4v) is 2.17. The summed E-state index contributed by atoms with van der Waals surface area (Å²) in [6.07, 6.45) is 1.50. The van der Waals surface area contributed by atoms with E-state index in [1.807, 2.05) is 0 Å². The molecule has 0 bridgehead atoms. The second-order valence-electron chi connectivity index (χ2n) is 5.64. The van der Waals surface area contributed by atoms with Gasteiger partial charge in [-0.25, -0.2) is 9.42 Å². The van der Waals surface area contributed by atoms with Crippen LogP contribution in [0.15, 0.2) is 62.3 Å². The standard InChI is InChI=1S/C19H17N5O4/c1-3-27-19(26)13-4-6-15(7-5-13)20-11-14-10-16(8-9-17(14)25)21-22-18-12(2)23-28-24-18/h4-11,25H,3H2,1-2H3. The van der Waals surface area contributed by atoms with Crippen molar-refractivity contribution in [3.63, 3.8) is 0 Å². The van der Waals surface area contributed by atoms with Crippen LogP contribution in [0.1, 0.15) is 28.5 Å². The molecule has 142 valence electrons. The number of aryl methyl sites for hydroxylation is 1. The van der Waals surface area contributed by atoms with Crippen molar-refractivity contribution in [2.24, 2.45) is 15.2 Å². The Morgan fingerprint density at radius 3 is 2.57 bits per heavy atom. The smallest absolute Gasteiger partial charge is 0.338 e. The van der Waals surface area contributed by atoms with Gasteiger partial charge >= 0.3 is 5.97 Å². The van der Waals surface area contributed by atoms with E-state index in [2.05, 4.69) is 30.2 Å². The van der Waals surface area contributed by atoms with E-state index in [0.29, 0.717) is 34.8 Å². The van der Waals surface area contributed by atoms with E-state index in [1.54, 1.807) is 50.2 Å². The molecule has 0 unspecified atom stereocenters. The van der Waals surface area contributed by atoms with Gasteiger partial charge in [-0.05, 0) is 61.5 Å². The molecule has 0 saturated carbocycles. The van der Waals surface area contributed by atoms with Gasteiger partial charge in [0, 0.05) is 11.8 Å². The summed E-state index contributed by atoms with van der Waals surface area (Å²) in [6.45, 7) is 3.77. The highest BCUT2D eigenvalue weighted by Crippen LogP contribution is 2.25. The van der Waals surface area contributed by atoms with Gasteiger partial charge < -0.3 is 9.84 Å². The first-order chi connectivity index (χ1) is 13.6. The molecule has 1 N–H and O–H groups in total. The molecule has 1 aromatic heterocycles. The van der Waals surface area contributed by atoms with E-state index in [0.717, 1.165) is 0 Å². The average molecular weight is 379 g/mol. The van der Waals surface area contributed by atoms with Crippen LogP contribution in [-0.4, -0.2) is 34.2 Å². The number of phenols is 1. The van der Waals surface area contributed by atoms with Crippen molar-refractivity contribution < 1.29 is 19.3 Å². The minimum Gasteiger partial charge on any atom is -0.507 e. The Labute approximate surface area is 160 Å². The van der Waals surface area contributed by atoms with Gasteiger partial charge in [-0.3, -0.25) is 4.99 Å². The van der Waals surface area contributed by atoms with Crippen molar-refractivity contribution in [1.29, 1.82) is 0 Å². The van der Waals surface area contributed by atoms with Gasteiger partial charge in [0.15, 0.2) is 0 Å². The summed E-state index contributed by atoms with van der Waals surface area (Å²) in [4.78, 5) is 16.0. The number of hydrogen-bond acceptors (Lipinski definition) is 9. The molecule has 0 aliphatic rings. The minimum absolute atomic E-state index is 0.0464. The Balaban J connectivity index is 1.75. The molecule has 0 spiro atoms. The van der Waals surface area contributed by atoms with Crippen LogP contribution in [-0.2, 0) is 4.74 Å². The number of ether oxygens (including phenoxy) is 1. The third-order valence-electron chi connectivity index (χ3n) is 3.63. The zero-order valence-electron chi connectivity index (χ0n) is 15.2. The van der Waals surface area contributed by atoms with Gasteiger partial charge in [0.25, 0.3) is 0 Å². The van der Waals surface area contributed by atoms with E-state index in [1.165, 1.54) is 12.3 Å². The van der Waals surface area contributed by atoms with Gasteiger partial charge in [-0.1, -0.05) is 5.16 Å². The van der Waals surface area contributed by atoms with E-state index in [4.69, 9.17) is 4.74 Å². The molecule has 0 atom stereocenters. The predicted octanol–water partition coefficient (Wildman–Crippen LogP) is 4.43. The Bertz CT molecular complexity index is 1030. The number of carbonyl (C=O) groups excluding carboxylic acids is 1. The summed E-state index contributed by atoms with van der Waals surface area (Å²) >= 11 is 0. The number of nitrogens with zero attached hydrogens (tertiary/aromatic N) is 5. The lowest BCUT2D eigenvalue weighted by molar-refractivity contribution is 0.0526. The van der Waals surface area contributed by atoms with Crippen LogP contribution in [0.4, 0.5) is 17.2 Å². The van der Waals surface area contributed by atoms with Gasteiger partial charge in [0.1, 0.15) is 11.4 Å². The zero-order valence-corrected chi connectivity index (χ0v) is 15.2. The lowest BCUT2D eigenvalue weighted by Gasteiger charge is -2.02. The van der Waals surface area contributed by atoms with E-state index in [9.17, 15) is 9.90 Å². The number of aromatic hydroxyl groups is 1. The summed E-state index contributed by atoms with van der Waals surface area (Å²) in [5, 5.41) is 25.3. The van der Waals surface area contributed by atoms with Crippen molar-refractivity contribution in [1.82, 2.24) is 10.3 Å². The molecule has 0 amide bonds. The summed E-state index contributed by atoms with van der Waals surface area (Å²) in [6, 6.07) is 11.3. The third-order valence-corrected chi connectivity index (χ3v) is 3.63. The number of carbonyl (C=O) groups is 1. The van der Waals surface area contributed by atoms with E-state index >= 15 is 0 Å². The maximum atomic E-state index is 11.7. The van der Waals surface area contributed by atoms with Crippen LogP contribution < -0.4 is 0 Å². The largest absolute Gasteiger partial charge is 0.507 e. The quantitative estimate of drug-likeness (QED) is 0.384. The number of phenolic OH excluding ortho intramolecular Hbond substituents is 1. The van der Waals surface area contributed by atoms with Crippen molar-refractivity contribution in [2.45, 2.75) is 13.8 Å². The van der Waals surface area contributed by atoms with Crippen LogP contribution in [0.25, 0.3) is 0 Å². The summed E-state index contributed by atoms with van der Waals surface area (Å²) < 4.78 is 9.50. The fraction of sp³-hybridized carbons (Fsp3) is 0.158. The molecule has 2 aromatic carbocycles. The fourth-order valence-electron chi connectivity index (χ4n) is 2.17. The highest BCUT2D eigenvalue weighted by atomic mass is 16.6. The van der Waals surface area contributed by atoms with Crippen LogP contribution in [0, 0.1) is 6.92 Å². The Hall–Kier alpha value is -3.88. The van der Waals surface area contributed by atoms with Crippen LogP contribution in [0.3, 0.4) is 0 Å². The lowest BCUT2D eigenvalue weighted by atomic mass is 10.2. The maximum Gasteiger partial charge on any atom is 0.338 e. The predicted molar refractivity (Wildman–Crippen MR) is 101 cm³/mol. The SMILES string of the molecule is CCOC(=O)c1ccc(N=Cc2cc(N=Nc3nonc3C)ccc2O)cc1. The molecular formula is C19H17N5O4. The highest BCUT2D eigenvalue weighted by molar-refractivity contribution is 5.90. The molecule has 0 fully saturated rings. The first-order valence-corrected chi connectivity index (χ1v) is 8.42. The third kappa shape index (κ3) is 4.64. The van der Waals surface area contributed by atoms with Crippen LogP contribution in [0.2, 0.25) is 0 Å². The Morgan fingerprint density at radius 1 is 1.14 bits per heavy atom. The molecule has 3 aromatic rings. The molecule has 0 aliphatic heterocycles. The molecule has 0 saturated heterocycles. The molecule has 9 nitrogen and oxygen atoms in total. The molecule has 9 heteroatoms. The number of benzene rings is 2. The van der Waals surface area contributed by atoms with Gasteiger partial charge in [0.2, 0.25) is 5.82 Å². The Morgan fingerprint density at radius 2 is 1.89 bits per heavy atom. The monoisotopic (exact) mass is 379 g/mol. The Kier molecular flexibility index (Phi) is 5.85. The molecule has 0 radical (unpaired) electrons. The summed E-state index contributed by atoms with van der Waals surface area (Å²) in [5.41, 5.74) is 2.54. The molecule has 28 heavy (non-hydrogen) atoms. The topological polar surface area (TPSA) is 123 Å². The second kappa shape index (κ2) is 8.67. The number of azo groups is 1. The van der Waals surface area contributed by atoms with Gasteiger partial charge in [0.05, 0.1) is 23.5 Å². The number of rotatable bonds is 6. The van der Waals surface area contributed by atoms with Gasteiger partial charge in [-0.15, -0.1) is 10.2 Å². The molecule has 0 aliphatic carbocycles. The summed E-state index contributed by atoms with van der Waals surface area (Å²) in [5.74, 6) is -0.0543. The summed E-state index contributed by atoms with van der Waals surface area (Å²) in [7, 11) is 0. The number of aliphatic imine (C=N–C) groups is 1. The normalized spacial score (nSPS) is 11.4. The lowest BCUT2D eigenvalue weighted by Crippen LogP contribution is -2.03. The van der Waals surface area contributed by atoms with Crippen molar-refractivity contribution in [3.8, 4) is 5.75 Å². The van der Waals surface area contributed by atoms with Crippen LogP contribution in [0.5, 0.6) is 5.75 Å². The second-order valence-corrected chi connectivity index (χ2v) is 5.64. The van der Waals surface area contributed by atoms with Crippen molar-refractivity contribution in [2.75, 3.05) is 6.61 Å². The van der Waals surface area contributed by atoms with Gasteiger partial charge in [-0.2, -0.15) is 0 Å². The maximum absolute atomic E-state index is 11.7. The average Bonchev–Trinajstić information content (AvgIpc) is 3.11. The molecule has 1 heterocycles. The molecular weight excluding hydrogens is 362 g/mol. The molecule has 3 rings (SSSR count).